The molecular formula is C26H18Fe2O6P-. The molecular weight excluding hydrogens is 551 g/mol. The molecule has 0 saturated carbocycles. The molecule has 0 N–H and O–H groups in total. The minimum Gasteiger partial charge on any atom is -0.292 e. The summed E-state index contributed by atoms with van der Waals surface area (Å²) in [5.41, 5.74) is 1.06. The van der Waals surface area contributed by atoms with Gasteiger partial charge < -0.3 is 0 Å². The normalized spacial score (nSPS) is 5.94. The van der Waals surface area contributed by atoms with E-state index in [0.29, 0.717) is 0 Å². The first-order chi connectivity index (χ1) is 16.4. The van der Waals surface area contributed by atoms with Crippen LogP contribution in [0.3, 0.4) is 0 Å². The van der Waals surface area contributed by atoms with Crippen LogP contribution >= 0.6 is 8.58 Å². The van der Waals surface area contributed by atoms with Crippen LogP contribution in [0.25, 0.3) is 6.08 Å². The van der Waals surface area contributed by atoms with Gasteiger partial charge in [-0.15, -0.1) is 12.1 Å². The fraction of sp³-hybridized carbons (Fsp3) is 0. The maximum atomic E-state index is 7.50. The maximum Gasteiger partial charge on any atom is 0 e. The fourth-order valence-corrected chi connectivity index (χ4v) is 2.83. The fourth-order valence-electron chi connectivity index (χ4n) is 1.77. The van der Waals surface area contributed by atoms with Crippen molar-refractivity contribution in [1.29, 1.82) is 0 Å². The van der Waals surface area contributed by atoms with Crippen molar-refractivity contribution >= 4 is 25.3 Å². The van der Waals surface area contributed by atoms with E-state index in [0.717, 1.165) is 14.1 Å². The van der Waals surface area contributed by atoms with Crippen molar-refractivity contribution in [1.82, 2.24) is 0 Å². The summed E-state index contributed by atoms with van der Waals surface area (Å²) in [5.74, 6) is 0. The maximum absolute atomic E-state index is 7.50. The van der Waals surface area contributed by atoms with Gasteiger partial charge in [0.2, 0.25) is 0 Å². The van der Waals surface area contributed by atoms with Crippen molar-refractivity contribution in [3.05, 3.63) is 143 Å². The Morgan fingerprint density at radius 1 is 0.457 bits per heavy atom. The van der Waals surface area contributed by atoms with Crippen molar-refractivity contribution in [3.8, 4) is 0 Å². The smallest absolute Gasteiger partial charge is 0 e. The first-order valence-electron chi connectivity index (χ1n) is 8.08. The van der Waals surface area contributed by atoms with E-state index in [-0.39, 0.29) is 34.1 Å². The van der Waals surface area contributed by atoms with Crippen molar-refractivity contribution < 1.29 is 62.1 Å². The molecule has 0 radical (unpaired) electrons. The molecule has 0 aliphatic carbocycles. The van der Waals surface area contributed by atoms with Crippen molar-refractivity contribution in [2.75, 3.05) is 0 Å². The van der Waals surface area contributed by atoms with E-state index < -0.39 is 0 Å². The average Bonchev–Trinajstić information content (AvgIpc) is 2.97. The van der Waals surface area contributed by atoms with E-state index in [9.17, 15) is 0 Å². The van der Waals surface area contributed by atoms with Crippen molar-refractivity contribution in [3.63, 3.8) is 0 Å². The predicted octanol–water partition coefficient (Wildman–Crippen LogP) is 4.22. The summed E-state index contributed by atoms with van der Waals surface area (Å²) in [4.78, 5) is 0. The molecule has 0 aliphatic rings. The van der Waals surface area contributed by atoms with Gasteiger partial charge in [0.15, 0.2) is 0 Å². The minimum absolute atomic E-state index is 0. The van der Waals surface area contributed by atoms with Gasteiger partial charge in [-0.05, 0) is 10.6 Å². The minimum atomic E-state index is 0. The predicted molar refractivity (Wildman–Crippen MR) is 119 cm³/mol. The van der Waals surface area contributed by atoms with E-state index in [4.69, 9.17) is 34.5 Å². The van der Waals surface area contributed by atoms with Crippen LogP contribution in [-0.4, -0.2) is 0 Å². The Hall–Kier alpha value is -2.69. The summed E-state index contributed by atoms with van der Waals surface area (Å²) in [6.45, 7) is 32.2. The number of rotatable bonds is 3. The molecule has 9 heteroatoms. The molecule has 6 nitrogen and oxygen atoms in total. The van der Waals surface area contributed by atoms with Gasteiger partial charge in [-0.2, -0.15) is 5.56 Å². The Morgan fingerprint density at radius 2 is 0.686 bits per heavy atom. The zero-order chi connectivity index (χ0) is 26.8. The van der Waals surface area contributed by atoms with Crippen LogP contribution in [0.5, 0.6) is 0 Å². The second kappa shape index (κ2) is 52.9. The van der Waals surface area contributed by atoms with Crippen LogP contribution in [0, 0.1) is 46.5 Å². The summed E-state index contributed by atoms with van der Waals surface area (Å²) < 4.78 is 45.0. The van der Waals surface area contributed by atoms with Crippen LogP contribution in [-0.2, 0) is 62.1 Å². The second-order valence-electron chi connectivity index (χ2n) is 4.43. The third-order valence-corrected chi connectivity index (χ3v) is 4.07. The molecule has 3 aromatic rings. The Balaban J connectivity index is -0.0000000624. The largest absolute Gasteiger partial charge is 0.292 e. The van der Waals surface area contributed by atoms with Crippen LogP contribution in [0.2, 0.25) is 0 Å². The van der Waals surface area contributed by atoms with Crippen LogP contribution in [0.1, 0.15) is 5.56 Å². The summed E-state index contributed by atoms with van der Waals surface area (Å²) in [7, 11) is 0.777. The van der Waals surface area contributed by atoms with E-state index >= 15 is 0 Å². The first-order valence-corrected chi connectivity index (χ1v) is 9.08. The molecule has 0 fully saturated rings. The number of hydrogen-bond donors (Lipinski definition) is 0. The third kappa shape index (κ3) is 36.1. The van der Waals surface area contributed by atoms with Crippen LogP contribution in [0.4, 0.5) is 0 Å². The quantitative estimate of drug-likeness (QED) is 0.195. The van der Waals surface area contributed by atoms with Crippen molar-refractivity contribution in [2.45, 2.75) is 0 Å². The Morgan fingerprint density at radius 3 is 0.886 bits per heavy atom. The monoisotopic (exact) mass is 569 g/mol. The molecule has 0 bridgehead atoms. The molecule has 0 atom stereocenters. The number of hydrogen-bond acceptors (Lipinski definition) is 0. The summed E-state index contributed by atoms with van der Waals surface area (Å²) in [6, 6.07) is 30.9. The third-order valence-electron chi connectivity index (χ3n) is 2.83. The molecule has 0 aromatic heterocycles. The summed E-state index contributed by atoms with van der Waals surface area (Å²) in [5, 5.41) is 2.79. The molecule has 3 aromatic carbocycles. The van der Waals surface area contributed by atoms with E-state index in [1.807, 2.05) is 30.3 Å². The molecule has 0 saturated heterocycles. The van der Waals surface area contributed by atoms with E-state index in [1.165, 1.54) is 10.6 Å². The molecule has 0 spiro atoms. The van der Waals surface area contributed by atoms with Crippen LogP contribution in [0.15, 0.2) is 91.0 Å². The Bertz CT molecular complexity index is 824. The summed E-state index contributed by atoms with van der Waals surface area (Å²) in [6.07, 6.45) is 1.58. The zero-order valence-corrected chi connectivity index (χ0v) is 21.2. The Labute approximate surface area is 229 Å². The SMILES string of the molecule is [C-]#[O+].[C-]#[O+].[C-]#[O+].[C-]#[O+].[C-]#[O+].[C-]#[O+].[CH-]=Cc1ccccc1.[Fe].[Fe].c1ccc(Pc2ccccc2)cc1. The molecule has 0 heterocycles. The molecule has 3 rings (SSSR count). The van der Waals surface area contributed by atoms with Crippen LogP contribution < -0.4 is 10.6 Å². The summed E-state index contributed by atoms with van der Waals surface area (Å²) >= 11 is 0. The Kier molecular flexibility index (Phi) is 74.8. The second-order valence-corrected chi connectivity index (χ2v) is 5.84. The topological polar surface area (TPSA) is 119 Å². The van der Waals surface area contributed by atoms with Gasteiger partial charge in [-0.1, -0.05) is 87.4 Å². The van der Waals surface area contributed by atoms with Crippen molar-refractivity contribution in [2.24, 2.45) is 0 Å². The van der Waals surface area contributed by atoms with Gasteiger partial charge in [0.25, 0.3) is 0 Å². The molecule has 0 amide bonds. The average molecular weight is 569 g/mol. The van der Waals surface area contributed by atoms with Gasteiger partial charge in [-0.25, -0.2) is 6.08 Å². The van der Waals surface area contributed by atoms with E-state index in [1.54, 1.807) is 6.08 Å². The molecule has 35 heavy (non-hydrogen) atoms. The standard InChI is InChI=1S/C12H11P.C8H7.6CO.2Fe/c1-3-7-11(8-4-1)13-12-9-5-2-6-10-12;1-2-8-6-4-3-5-7-8;6*1-2;;/h1-10,13H;1-7H;;;;;;;;/q;-1;;;;;;;;. The molecule has 0 unspecified atom stereocenters. The molecule has 0 aliphatic heterocycles. The van der Waals surface area contributed by atoms with Gasteiger partial charge in [0.1, 0.15) is 0 Å². The van der Waals surface area contributed by atoms with Gasteiger partial charge in [0, 0.05) is 34.1 Å². The first kappa shape index (κ1) is 49.4. The van der Waals surface area contributed by atoms with Gasteiger partial charge in [0.05, 0.1) is 0 Å². The van der Waals surface area contributed by atoms with E-state index in [2.05, 4.69) is 101 Å². The zero-order valence-electron chi connectivity index (χ0n) is 18.0. The van der Waals surface area contributed by atoms with Gasteiger partial charge >= 0.3 is 67.8 Å². The number of benzene rings is 3. The van der Waals surface area contributed by atoms with Gasteiger partial charge in [-0.3, -0.25) is 6.58 Å². The molecule has 180 valence electrons.